The van der Waals surface area contributed by atoms with Crippen molar-refractivity contribution >= 4 is 0 Å². The van der Waals surface area contributed by atoms with Gasteiger partial charge in [0.2, 0.25) is 0 Å². The Labute approximate surface area is 110 Å². The summed E-state index contributed by atoms with van der Waals surface area (Å²) in [5.41, 5.74) is 1.23. The standard InChI is InChI=1S/C14H25N3O/c1-12(2)16-10-13-9-15-11-17(13)7-8-18-14-5-3-4-6-14/h9,11-12,14,16H,3-8,10H2,1-2H3. The number of aromatic nitrogens is 2. The quantitative estimate of drug-likeness (QED) is 0.808. The minimum atomic E-state index is 0.503. The summed E-state index contributed by atoms with van der Waals surface area (Å²) in [6.07, 6.45) is 9.49. The zero-order valence-corrected chi connectivity index (χ0v) is 11.6. The van der Waals surface area contributed by atoms with Gasteiger partial charge in [-0.25, -0.2) is 4.98 Å². The Bertz CT molecular complexity index is 343. The largest absolute Gasteiger partial charge is 0.376 e. The van der Waals surface area contributed by atoms with Gasteiger partial charge < -0.3 is 14.6 Å². The Morgan fingerprint density at radius 3 is 2.94 bits per heavy atom. The van der Waals surface area contributed by atoms with Crippen LogP contribution in [0, 0.1) is 0 Å². The predicted octanol–water partition coefficient (Wildman–Crippen LogP) is 2.34. The van der Waals surface area contributed by atoms with Gasteiger partial charge in [0, 0.05) is 25.3 Å². The molecule has 2 rings (SSSR count). The first kappa shape index (κ1) is 13.6. The van der Waals surface area contributed by atoms with E-state index >= 15 is 0 Å². The lowest BCUT2D eigenvalue weighted by Crippen LogP contribution is -2.24. The van der Waals surface area contributed by atoms with E-state index in [9.17, 15) is 0 Å². The monoisotopic (exact) mass is 251 g/mol. The van der Waals surface area contributed by atoms with E-state index in [2.05, 4.69) is 28.7 Å². The molecule has 0 aromatic carbocycles. The maximum Gasteiger partial charge on any atom is 0.0949 e. The van der Waals surface area contributed by atoms with Crippen LogP contribution >= 0.6 is 0 Å². The Morgan fingerprint density at radius 1 is 1.44 bits per heavy atom. The first-order valence-corrected chi connectivity index (χ1v) is 7.09. The van der Waals surface area contributed by atoms with Crippen LogP contribution in [0.15, 0.2) is 12.5 Å². The molecule has 1 fully saturated rings. The fourth-order valence-corrected chi connectivity index (χ4v) is 2.38. The van der Waals surface area contributed by atoms with Crippen molar-refractivity contribution in [2.45, 2.75) is 64.8 Å². The highest BCUT2D eigenvalue weighted by Gasteiger charge is 2.15. The minimum absolute atomic E-state index is 0.503. The van der Waals surface area contributed by atoms with Crippen LogP contribution in [0.3, 0.4) is 0 Å². The molecule has 0 bridgehead atoms. The maximum absolute atomic E-state index is 5.89. The highest BCUT2D eigenvalue weighted by atomic mass is 16.5. The van der Waals surface area contributed by atoms with Crippen LogP contribution in [0.5, 0.6) is 0 Å². The maximum atomic E-state index is 5.89. The molecular formula is C14H25N3O. The summed E-state index contributed by atoms with van der Waals surface area (Å²) in [4.78, 5) is 4.22. The van der Waals surface area contributed by atoms with Gasteiger partial charge in [-0.3, -0.25) is 0 Å². The van der Waals surface area contributed by atoms with E-state index in [4.69, 9.17) is 4.74 Å². The Hall–Kier alpha value is -0.870. The lowest BCUT2D eigenvalue weighted by atomic mass is 10.3. The van der Waals surface area contributed by atoms with Gasteiger partial charge in [-0.15, -0.1) is 0 Å². The second-order valence-electron chi connectivity index (χ2n) is 5.39. The molecule has 1 N–H and O–H groups in total. The molecule has 4 heteroatoms. The number of nitrogens with zero attached hydrogens (tertiary/aromatic N) is 2. The van der Waals surface area contributed by atoms with Gasteiger partial charge in [0.1, 0.15) is 0 Å². The van der Waals surface area contributed by atoms with Crippen LogP contribution in [0.1, 0.15) is 45.2 Å². The van der Waals surface area contributed by atoms with Crippen molar-refractivity contribution in [1.29, 1.82) is 0 Å². The van der Waals surface area contributed by atoms with Crippen LogP contribution in [-0.4, -0.2) is 28.3 Å². The van der Waals surface area contributed by atoms with E-state index in [0.717, 1.165) is 19.7 Å². The summed E-state index contributed by atoms with van der Waals surface area (Å²) in [5.74, 6) is 0. The van der Waals surface area contributed by atoms with Crippen molar-refractivity contribution < 1.29 is 4.74 Å². The third kappa shape index (κ3) is 4.10. The second kappa shape index (κ2) is 6.90. The summed E-state index contributed by atoms with van der Waals surface area (Å²) in [5, 5.41) is 3.42. The molecular weight excluding hydrogens is 226 g/mol. The van der Waals surface area contributed by atoms with Crippen LogP contribution in [0.2, 0.25) is 0 Å². The van der Waals surface area contributed by atoms with Crippen LogP contribution in [-0.2, 0) is 17.8 Å². The van der Waals surface area contributed by atoms with Crippen LogP contribution in [0.4, 0.5) is 0 Å². The Morgan fingerprint density at radius 2 is 2.22 bits per heavy atom. The number of hydrogen-bond donors (Lipinski definition) is 1. The van der Waals surface area contributed by atoms with Gasteiger partial charge >= 0.3 is 0 Å². The van der Waals surface area contributed by atoms with Crippen molar-refractivity contribution in [1.82, 2.24) is 14.9 Å². The van der Waals surface area contributed by atoms with Crippen molar-refractivity contribution in [3.05, 3.63) is 18.2 Å². The number of ether oxygens (including phenoxy) is 1. The average Bonchev–Trinajstić information content (AvgIpc) is 2.97. The number of rotatable bonds is 7. The first-order valence-electron chi connectivity index (χ1n) is 7.09. The van der Waals surface area contributed by atoms with E-state index < -0.39 is 0 Å². The zero-order valence-electron chi connectivity index (χ0n) is 11.6. The topological polar surface area (TPSA) is 39.1 Å². The molecule has 1 saturated carbocycles. The molecule has 0 radical (unpaired) electrons. The fourth-order valence-electron chi connectivity index (χ4n) is 2.38. The SMILES string of the molecule is CC(C)NCc1cncn1CCOC1CCCC1. The molecule has 0 saturated heterocycles. The van der Waals surface area contributed by atoms with Gasteiger partial charge in [-0.2, -0.15) is 0 Å². The number of nitrogens with one attached hydrogen (secondary N) is 1. The lowest BCUT2D eigenvalue weighted by Gasteiger charge is -2.14. The van der Waals surface area contributed by atoms with E-state index in [-0.39, 0.29) is 0 Å². The van der Waals surface area contributed by atoms with Crippen molar-refractivity contribution in [3.63, 3.8) is 0 Å². The second-order valence-corrected chi connectivity index (χ2v) is 5.39. The molecule has 1 aliphatic carbocycles. The summed E-state index contributed by atoms with van der Waals surface area (Å²) < 4.78 is 8.07. The molecule has 1 aliphatic rings. The zero-order chi connectivity index (χ0) is 12.8. The molecule has 1 aromatic rings. The molecule has 1 heterocycles. The Balaban J connectivity index is 1.72. The molecule has 0 aliphatic heterocycles. The summed E-state index contributed by atoms with van der Waals surface area (Å²) in [7, 11) is 0. The molecule has 0 atom stereocenters. The van der Waals surface area contributed by atoms with Gasteiger partial charge in [-0.1, -0.05) is 26.7 Å². The highest BCUT2D eigenvalue weighted by molar-refractivity contribution is 4.98. The first-order chi connectivity index (χ1) is 8.75. The van der Waals surface area contributed by atoms with Gasteiger partial charge in [0.25, 0.3) is 0 Å². The average molecular weight is 251 g/mol. The molecule has 4 nitrogen and oxygen atoms in total. The molecule has 1 aromatic heterocycles. The molecule has 0 spiro atoms. The molecule has 18 heavy (non-hydrogen) atoms. The fraction of sp³-hybridized carbons (Fsp3) is 0.786. The molecule has 0 amide bonds. The van der Waals surface area contributed by atoms with E-state index in [1.165, 1.54) is 31.4 Å². The number of hydrogen-bond acceptors (Lipinski definition) is 3. The third-order valence-electron chi connectivity index (χ3n) is 3.48. The van der Waals surface area contributed by atoms with Gasteiger partial charge in [-0.05, 0) is 12.8 Å². The summed E-state index contributed by atoms with van der Waals surface area (Å²) >= 11 is 0. The van der Waals surface area contributed by atoms with Crippen LogP contribution in [0.25, 0.3) is 0 Å². The predicted molar refractivity (Wildman–Crippen MR) is 72.4 cm³/mol. The van der Waals surface area contributed by atoms with Gasteiger partial charge in [0.15, 0.2) is 0 Å². The van der Waals surface area contributed by atoms with Crippen molar-refractivity contribution in [2.24, 2.45) is 0 Å². The number of imidazole rings is 1. The van der Waals surface area contributed by atoms with E-state index in [1.54, 1.807) is 0 Å². The smallest absolute Gasteiger partial charge is 0.0949 e. The van der Waals surface area contributed by atoms with Crippen LogP contribution < -0.4 is 5.32 Å². The van der Waals surface area contributed by atoms with Crippen molar-refractivity contribution in [3.8, 4) is 0 Å². The summed E-state index contributed by atoms with van der Waals surface area (Å²) in [6.45, 7) is 6.90. The minimum Gasteiger partial charge on any atom is -0.376 e. The molecule has 0 unspecified atom stereocenters. The normalized spacial score (nSPS) is 16.8. The molecule has 102 valence electrons. The highest BCUT2D eigenvalue weighted by Crippen LogP contribution is 2.20. The third-order valence-corrected chi connectivity index (χ3v) is 3.48. The lowest BCUT2D eigenvalue weighted by molar-refractivity contribution is 0.0526. The van der Waals surface area contributed by atoms with E-state index in [1.807, 2.05) is 12.5 Å². The van der Waals surface area contributed by atoms with E-state index in [0.29, 0.717) is 12.1 Å². The van der Waals surface area contributed by atoms with Gasteiger partial charge in [0.05, 0.1) is 24.7 Å². The summed E-state index contributed by atoms with van der Waals surface area (Å²) in [6, 6.07) is 0.503. The van der Waals surface area contributed by atoms with Crippen molar-refractivity contribution in [2.75, 3.05) is 6.61 Å². The Kier molecular flexibility index (Phi) is 5.20.